The minimum atomic E-state index is 0.984. The van der Waals surface area contributed by atoms with Crippen molar-refractivity contribution in [1.29, 1.82) is 0 Å². The number of nitrogens with one attached hydrogen (secondary N) is 1. The molecule has 168 valence electrons. The molecule has 2 heterocycles. The summed E-state index contributed by atoms with van der Waals surface area (Å²) in [4.78, 5) is 8.93. The van der Waals surface area contributed by atoms with Crippen molar-refractivity contribution in [3.05, 3.63) is 114 Å². The second kappa shape index (κ2) is 8.21. The lowest BCUT2D eigenvalue weighted by molar-refractivity contribution is 0.938. The number of aryl methyl sites for hydroxylation is 4. The predicted molar refractivity (Wildman–Crippen MR) is 150 cm³/mol. The summed E-state index contributed by atoms with van der Waals surface area (Å²) in [6.07, 6.45) is 4.30. The summed E-state index contributed by atoms with van der Waals surface area (Å²) >= 11 is 7.58. The first-order valence-corrected chi connectivity index (χ1v) is 13.2. The maximum atomic E-state index is 5.22. The van der Waals surface area contributed by atoms with Gasteiger partial charge in [0.25, 0.3) is 0 Å². The van der Waals surface area contributed by atoms with Gasteiger partial charge >= 0.3 is 0 Å². The summed E-state index contributed by atoms with van der Waals surface area (Å²) in [6, 6.07) is 19.7. The van der Waals surface area contributed by atoms with Crippen LogP contribution < -0.4 is 0 Å². The summed E-state index contributed by atoms with van der Waals surface area (Å²) in [7, 11) is 0. The molecule has 2 nitrogen and oxygen atoms in total. The maximum absolute atomic E-state index is 5.22. The Morgan fingerprint density at radius 1 is 0.853 bits per heavy atom. The predicted octanol–water partition coefficient (Wildman–Crippen LogP) is 8.58. The van der Waals surface area contributed by atoms with E-state index in [1.807, 2.05) is 0 Å². The second-order valence-electron chi connectivity index (χ2n) is 9.32. The molecule has 0 amide bonds. The van der Waals surface area contributed by atoms with Crippen molar-refractivity contribution >= 4 is 49.3 Å². The van der Waals surface area contributed by atoms with Crippen LogP contribution in [0, 0.1) is 20.8 Å². The van der Waals surface area contributed by atoms with E-state index in [4.69, 9.17) is 4.99 Å². The number of nitrogens with zero attached hydrogens (tertiary/aromatic N) is 1. The van der Waals surface area contributed by atoms with Crippen molar-refractivity contribution in [3.8, 4) is 11.3 Å². The van der Waals surface area contributed by atoms with Crippen molar-refractivity contribution in [2.24, 2.45) is 4.99 Å². The Balaban J connectivity index is 1.53. The van der Waals surface area contributed by atoms with Gasteiger partial charge in [0.05, 0.1) is 22.8 Å². The van der Waals surface area contributed by atoms with Gasteiger partial charge in [-0.1, -0.05) is 64.0 Å². The molecule has 4 aromatic rings. The number of aromatic amines is 1. The van der Waals surface area contributed by atoms with Crippen LogP contribution in [0.25, 0.3) is 23.0 Å². The first-order chi connectivity index (χ1) is 16.4. The zero-order valence-corrected chi connectivity index (χ0v) is 22.6. The molecule has 0 spiro atoms. The number of fused-ring (bicyclic) bond motifs is 4. The number of hydrogen-bond donors (Lipinski definition) is 1. The van der Waals surface area contributed by atoms with Crippen LogP contribution in [0.3, 0.4) is 0 Å². The molecular weight excluding hydrogens is 548 g/mol. The van der Waals surface area contributed by atoms with Crippen molar-refractivity contribution in [2.45, 2.75) is 33.6 Å². The lowest BCUT2D eigenvalue weighted by atomic mass is 9.90. The van der Waals surface area contributed by atoms with Crippen molar-refractivity contribution in [3.63, 3.8) is 0 Å². The van der Waals surface area contributed by atoms with Crippen LogP contribution in [0.4, 0.5) is 0 Å². The maximum Gasteiger partial charge on any atom is 0.0793 e. The van der Waals surface area contributed by atoms with E-state index < -0.39 is 0 Å². The molecule has 0 bridgehead atoms. The van der Waals surface area contributed by atoms with E-state index >= 15 is 0 Å². The minimum Gasteiger partial charge on any atom is -0.354 e. The fraction of sp³-hybridized carbons (Fsp3) is 0.167. The zero-order chi connectivity index (χ0) is 23.6. The topological polar surface area (TPSA) is 28.1 Å². The molecule has 0 atom stereocenters. The summed E-state index contributed by atoms with van der Waals surface area (Å²) < 4.78 is 2.21. The monoisotopic (exact) mass is 570 g/mol. The summed E-state index contributed by atoms with van der Waals surface area (Å²) in [5.41, 5.74) is 15.8. The van der Waals surface area contributed by atoms with E-state index in [-0.39, 0.29) is 0 Å². The van der Waals surface area contributed by atoms with Gasteiger partial charge in [0, 0.05) is 31.2 Å². The lowest BCUT2D eigenvalue weighted by Crippen LogP contribution is -2.06. The van der Waals surface area contributed by atoms with Gasteiger partial charge in [0.15, 0.2) is 0 Å². The van der Waals surface area contributed by atoms with Gasteiger partial charge in [-0.2, -0.15) is 0 Å². The molecule has 6 rings (SSSR count). The fourth-order valence-corrected chi connectivity index (χ4v) is 6.48. The Bertz CT molecular complexity index is 1530. The van der Waals surface area contributed by atoms with Gasteiger partial charge in [0.1, 0.15) is 0 Å². The molecule has 2 aliphatic rings. The fourth-order valence-electron chi connectivity index (χ4n) is 5.51. The van der Waals surface area contributed by atoms with Crippen molar-refractivity contribution < 1.29 is 0 Å². The molecule has 1 aliphatic heterocycles. The summed E-state index contributed by atoms with van der Waals surface area (Å²) in [6.45, 7) is 6.52. The number of hydrogen-bond acceptors (Lipinski definition) is 1. The van der Waals surface area contributed by atoms with E-state index in [1.165, 1.54) is 50.2 Å². The van der Waals surface area contributed by atoms with Crippen molar-refractivity contribution in [2.75, 3.05) is 0 Å². The van der Waals surface area contributed by atoms with E-state index in [9.17, 15) is 0 Å². The summed E-state index contributed by atoms with van der Waals surface area (Å²) in [5.74, 6) is 0. The average Bonchev–Trinajstić information content (AvgIpc) is 3.31. The molecule has 4 heteroatoms. The Kier molecular flexibility index (Phi) is 5.27. The number of H-pyrrole nitrogens is 1. The van der Waals surface area contributed by atoms with E-state index in [1.54, 1.807) is 0 Å². The molecule has 1 aliphatic carbocycles. The van der Waals surface area contributed by atoms with E-state index in [0.29, 0.717) is 0 Å². The van der Waals surface area contributed by atoms with Gasteiger partial charge in [-0.25, -0.2) is 4.99 Å². The van der Waals surface area contributed by atoms with Crippen LogP contribution in [0.1, 0.15) is 50.2 Å². The Morgan fingerprint density at radius 3 is 2.41 bits per heavy atom. The highest BCUT2D eigenvalue weighted by Gasteiger charge is 2.26. The zero-order valence-electron chi connectivity index (χ0n) is 19.4. The molecule has 0 unspecified atom stereocenters. The normalized spacial score (nSPS) is 15.2. The van der Waals surface area contributed by atoms with Crippen molar-refractivity contribution in [1.82, 2.24) is 4.98 Å². The molecule has 0 fully saturated rings. The van der Waals surface area contributed by atoms with Crippen LogP contribution in [0.15, 0.2) is 68.5 Å². The Hall–Kier alpha value is -2.69. The third-order valence-electron chi connectivity index (χ3n) is 6.93. The SMILES string of the molecule is Cc1cc(C)c(C2=N/C(=C\c3[nH]c4c(c3Br)CCc3ccccc3-4)c3cc(Br)ccc32)c(C)c1. The van der Waals surface area contributed by atoms with Crippen LogP contribution >= 0.6 is 31.9 Å². The average molecular weight is 572 g/mol. The first kappa shape index (κ1) is 21.8. The van der Waals surface area contributed by atoms with Gasteiger partial charge in [-0.05, 0) is 90.0 Å². The number of halogens is 2. The standard InChI is InChI=1S/C30H24Br2N2/c1-16-12-17(2)27(18(3)13-16)30-22-11-9-20(31)14-24(22)25(33-30)15-26-28(32)23-10-8-19-6-4-5-7-21(19)29(23)34-26/h4-7,9,11-15,34H,8,10H2,1-3H3/b25-15-. The molecule has 0 saturated heterocycles. The largest absolute Gasteiger partial charge is 0.354 e. The van der Waals surface area contributed by atoms with Gasteiger partial charge < -0.3 is 4.98 Å². The molecule has 0 saturated carbocycles. The number of benzene rings is 3. The molecule has 3 aromatic carbocycles. The third-order valence-corrected chi connectivity index (χ3v) is 8.33. The van der Waals surface area contributed by atoms with Gasteiger partial charge in [0.2, 0.25) is 0 Å². The highest BCUT2D eigenvalue weighted by molar-refractivity contribution is 9.10. The molecule has 34 heavy (non-hydrogen) atoms. The van der Waals surface area contributed by atoms with Gasteiger partial charge in [-0.15, -0.1) is 0 Å². The molecular formula is C30H24Br2N2. The lowest BCUT2D eigenvalue weighted by Gasteiger charge is -2.16. The third kappa shape index (κ3) is 3.47. The number of aliphatic imine (C=N–C) groups is 1. The highest BCUT2D eigenvalue weighted by Crippen LogP contribution is 2.41. The van der Waals surface area contributed by atoms with Crippen LogP contribution in [0.2, 0.25) is 0 Å². The Labute approximate surface area is 217 Å². The number of aromatic nitrogens is 1. The molecule has 0 radical (unpaired) electrons. The van der Waals surface area contributed by atoms with Crippen LogP contribution in [-0.2, 0) is 12.8 Å². The molecule has 1 aromatic heterocycles. The Morgan fingerprint density at radius 2 is 1.62 bits per heavy atom. The first-order valence-electron chi connectivity index (χ1n) is 11.6. The highest BCUT2D eigenvalue weighted by atomic mass is 79.9. The van der Waals surface area contributed by atoms with Gasteiger partial charge in [-0.3, -0.25) is 0 Å². The van der Waals surface area contributed by atoms with E-state index in [0.717, 1.165) is 44.5 Å². The smallest absolute Gasteiger partial charge is 0.0793 e. The van der Waals surface area contributed by atoms with Crippen LogP contribution in [0.5, 0.6) is 0 Å². The second-order valence-corrected chi connectivity index (χ2v) is 11.0. The quantitative estimate of drug-likeness (QED) is 0.249. The molecule has 1 N–H and O–H groups in total. The summed E-state index contributed by atoms with van der Waals surface area (Å²) in [5, 5.41) is 0. The number of rotatable bonds is 2. The minimum absolute atomic E-state index is 0.984. The van der Waals surface area contributed by atoms with E-state index in [2.05, 4.69) is 118 Å². The van der Waals surface area contributed by atoms with Crippen LogP contribution in [-0.4, -0.2) is 10.7 Å².